The fourth-order valence-corrected chi connectivity index (χ4v) is 7.98. The third kappa shape index (κ3) is 6.69. The lowest BCUT2D eigenvalue weighted by Gasteiger charge is -2.38. The molecule has 2 aromatic carbocycles. The van der Waals surface area contributed by atoms with Gasteiger partial charge in [0.2, 0.25) is 20.0 Å². The van der Waals surface area contributed by atoms with Crippen molar-refractivity contribution in [3.63, 3.8) is 0 Å². The second-order valence-electron chi connectivity index (χ2n) is 10.9. The Bertz CT molecular complexity index is 1460. The van der Waals surface area contributed by atoms with Crippen molar-refractivity contribution < 1.29 is 36.2 Å². The molecule has 0 bridgehead atoms. The number of fused-ring (bicyclic) bond motifs is 1. The number of rotatable bonds is 11. The Morgan fingerprint density at radius 1 is 1.10 bits per heavy atom. The molecule has 0 amide bonds. The van der Waals surface area contributed by atoms with Crippen molar-refractivity contribution in [1.29, 1.82) is 0 Å². The van der Waals surface area contributed by atoms with Crippen LogP contribution in [0.5, 0.6) is 11.5 Å². The number of likely N-dealkylation sites (N-methyl/N-ethyl adjacent to an activating group) is 1. The Morgan fingerprint density at radius 2 is 1.88 bits per heavy atom. The highest BCUT2D eigenvalue weighted by atomic mass is 32.2. The maximum Gasteiger partial charge on any atom is 0.243 e. The van der Waals surface area contributed by atoms with Crippen LogP contribution in [0.15, 0.2) is 52.3 Å². The van der Waals surface area contributed by atoms with Crippen molar-refractivity contribution in [2.45, 2.75) is 53.7 Å². The fraction of sp³-hybridized carbons (Fsp3) is 0.571. The molecule has 5 rings (SSSR count). The molecular formula is C28H40N4O8S2. The molecule has 0 radical (unpaired) electrons. The minimum Gasteiger partial charge on any atom is -0.491 e. The number of nitrogens with one attached hydrogen (secondary N) is 2. The van der Waals surface area contributed by atoms with Gasteiger partial charge in [-0.2, -0.15) is 4.31 Å². The fourth-order valence-electron chi connectivity index (χ4n) is 5.75. The lowest BCUT2D eigenvalue weighted by molar-refractivity contribution is -0.0312. The van der Waals surface area contributed by atoms with E-state index in [4.69, 9.17) is 14.2 Å². The second-order valence-corrected chi connectivity index (χ2v) is 14.7. The zero-order valence-corrected chi connectivity index (χ0v) is 25.6. The van der Waals surface area contributed by atoms with E-state index >= 15 is 0 Å². The summed E-state index contributed by atoms with van der Waals surface area (Å²) in [7, 11) is -5.90. The van der Waals surface area contributed by atoms with Crippen LogP contribution in [0.25, 0.3) is 0 Å². The van der Waals surface area contributed by atoms with E-state index < -0.39 is 31.8 Å². The van der Waals surface area contributed by atoms with Crippen molar-refractivity contribution >= 4 is 25.7 Å². The normalized spacial score (nSPS) is 21.6. The van der Waals surface area contributed by atoms with Gasteiger partial charge in [0.05, 0.1) is 34.2 Å². The molecule has 3 N–H and O–H groups in total. The number of benzene rings is 2. The van der Waals surface area contributed by atoms with E-state index in [2.05, 4.69) is 14.9 Å². The van der Waals surface area contributed by atoms with Crippen molar-refractivity contribution in [3.05, 3.63) is 42.5 Å². The molecule has 3 aliphatic heterocycles. The van der Waals surface area contributed by atoms with Gasteiger partial charge in [-0.15, -0.1) is 0 Å². The van der Waals surface area contributed by atoms with E-state index in [9.17, 15) is 21.9 Å². The van der Waals surface area contributed by atoms with Crippen LogP contribution in [0.1, 0.15) is 26.2 Å². The van der Waals surface area contributed by atoms with E-state index in [0.29, 0.717) is 50.6 Å². The lowest BCUT2D eigenvalue weighted by atomic mass is 9.88. The molecule has 0 aromatic heterocycles. The Labute approximate surface area is 248 Å². The minimum absolute atomic E-state index is 0.00751. The molecule has 12 nitrogen and oxygen atoms in total. The van der Waals surface area contributed by atoms with Gasteiger partial charge in [-0.3, -0.25) is 0 Å². The van der Waals surface area contributed by atoms with E-state index in [1.165, 1.54) is 19.2 Å². The predicted octanol–water partition coefficient (Wildman–Crippen LogP) is 1.16. The number of hydrogen-bond acceptors (Lipinski definition) is 10. The highest BCUT2D eigenvalue weighted by Gasteiger charge is 2.45. The molecule has 14 heteroatoms. The van der Waals surface area contributed by atoms with Gasteiger partial charge < -0.3 is 29.5 Å². The van der Waals surface area contributed by atoms with Crippen LogP contribution in [-0.4, -0.2) is 104 Å². The molecule has 2 unspecified atom stereocenters. The number of aliphatic hydroxyl groups is 1. The van der Waals surface area contributed by atoms with Crippen LogP contribution in [0, 0.1) is 0 Å². The van der Waals surface area contributed by atoms with Crippen LogP contribution in [0.2, 0.25) is 0 Å². The van der Waals surface area contributed by atoms with Crippen molar-refractivity contribution in [2.75, 3.05) is 64.5 Å². The van der Waals surface area contributed by atoms with E-state index in [-0.39, 0.29) is 29.0 Å². The van der Waals surface area contributed by atoms with Gasteiger partial charge >= 0.3 is 0 Å². The van der Waals surface area contributed by atoms with Crippen LogP contribution in [0.4, 0.5) is 5.69 Å². The number of aliphatic hydroxyl groups excluding tert-OH is 1. The van der Waals surface area contributed by atoms with Gasteiger partial charge in [0.25, 0.3) is 0 Å². The van der Waals surface area contributed by atoms with Gasteiger partial charge in [-0.25, -0.2) is 21.6 Å². The van der Waals surface area contributed by atoms with E-state index in [1.54, 1.807) is 34.6 Å². The number of hydrogen-bond donors (Lipinski definition) is 3. The number of ether oxygens (including phenoxy) is 3. The third-order valence-corrected chi connectivity index (χ3v) is 11.5. The Kier molecular flexibility index (Phi) is 9.33. The maximum absolute atomic E-state index is 13.5. The summed E-state index contributed by atoms with van der Waals surface area (Å²) < 4.78 is 72.3. The first kappa shape index (κ1) is 31.0. The van der Waals surface area contributed by atoms with Crippen LogP contribution >= 0.6 is 0 Å². The highest BCUT2D eigenvalue weighted by molar-refractivity contribution is 7.89. The Hall–Kier alpha value is -2.46. The molecule has 0 aliphatic carbocycles. The molecule has 1 spiro atoms. The predicted molar refractivity (Wildman–Crippen MR) is 157 cm³/mol. The first-order chi connectivity index (χ1) is 20.0. The van der Waals surface area contributed by atoms with Crippen molar-refractivity contribution in [2.24, 2.45) is 0 Å². The molecular weight excluding hydrogens is 584 g/mol. The van der Waals surface area contributed by atoms with Crippen molar-refractivity contribution in [3.8, 4) is 11.5 Å². The molecule has 42 heavy (non-hydrogen) atoms. The molecule has 2 fully saturated rings. The topological polar surface area (TPSA) is 147 Å². The van der Waals surface area contributed by atoms with Gasteiger partial charge in [-0.05, 0) is 63.6 Å². The number of anilines is 1. The number of sulfonamides is 2. The largest absolute Gasteiger partial charge is 0.491 e. The molecule has 3 heterocycles. The van der Waals surface area contributed by atoms with Crippen LogP contribution in [-0.2, 0) is 24.8 Å². The summed E-state index contributed by atoms with van der Waals surface area (Å²) in [5.74, 6) is 1.06. The van der Waals surface area contributed by atoms with Gasteiger partial charge in [0.15, 0.2) is 0 Å². The average molecular weight is 625 g/mol. The molecule has 3 aliphatic rings. The summed E-state index contributed by atoms with van der Waals surface area (Å²) in [6, 6.07) is 11.2. The SMILES string of the molecule is CCN1CCOc2ccc(S(=O)(=O)N3CCC4(CC3)CC(NCC(O)COc3cccc(S(=O)(=O)NC)c3)CO4)cc21. The number of piperidine rings is 1. The van der Waals surface area contributed by atoms with E-state index in [0.717, 1.165) is 25.2 Å². The smallest absolute Gasteiger partial charge is 0.243 e. The Balaban J connectivity index is 1.10. The van der Waals surface area contributed by atoms with Crippen molar-refractivity contribution in [1.82, 2.24) is 14.3 Å². The zero-order valence-electron chi connectivity index (χ0n) is 24.0. The quantitative estimate of drug-likeness (QED) is 0.333. The Morgan fingerprint density at radius 3 is 2.62 bits per heavy atom. The molecule has 2 atom stereocenters. The molecule has 0 saturated carbocycles. The van der Waals surface area contributed by atoms with Gasteiger partial charge in [0, 0.05) is 38.3 Å². The molecule has 2 aromatic rings. The maximum atomic E-state index is 13.5. The average Bonchev–Trinajstić information content (AvgIpc) is 3.40. The summed E-state index contributed by atoms with van der Waals surface area (Å²) in [6.07, 6.45) is 1.09. The third-order valence-electron chi connectivity index (χ3n) is 8.22. The van der Waals surface area contributed by atoms with Crippen LogP contribution in [0.3, 0.4) is 0 Å². The van der Waals surface area contributed by atoms with E-state index in [1.807, 2.05) is 6.92 Å². The molecule has 2 saturated heterocycles. The second kappa shape index (κ2) is 12.6. The monoisotopic (exact) mass is 624 g/mol. The zero-order chi connectivity index (χ0) is 30.0. The summed E-state index contributed by atoms with van der Waals surface area (Å²) in [5.41, 5.74) is 0.418. The van der Waals surface area contributed by atoms with Crippen LogP contribution < -0.4 is 24.4 Å². The summed E-state index contributed by atoms with van der Waals surface area (Å²) in [4.78, 5) is 2.49. The standard InChI is InChI=1S/C28H40N4O8S2/c1-3-31-13-14-38-27-8-7-25(16-26(27)31)42(36,37)32-11-9-28(10-12-32)17-21(19-40-28)30-18-22(33)20-39-23-5-4-6-24(15-23)41(34,35)29-2/h4-8,15-16,21-22,29-30,33H,3,9-14,17-20H2,1-2H3. The number of nitrogens with zero attached hydrogens (tertiary/aromatic N) is 2. The first-order valence-electron chi connectivity index (χ1n) is 14.3. The summed E-state index contributed by atoms with van der Waals surface area (Å²) in [5, 5.41) is 13.8. The lowest BCUT2D eigenvalue weighted by Crippen LogP contribution is -2.47. The summed E-state index contributed by atoms with van der Waals surface area (Å²) >= 11 is 0. The van der Waals surface area contributed by atoms with Gasteiger partial charge in [0.1, 0.15) is 30.8 Å². The highest BCUT2D eigenvalue weighted by Crippen LogP contribution is 2.39. The minimum atomic E-state index is -3.65. The van der Waals surface area contributed by atoms with Gasteiger partial charge in [-0.1, -0.05) is 6.07 Å². The summed E-state index contributed by atoms with van der Waals surface area (Å²) in [6.45, 7) is 5.62. The molecule has 232 valence electrons. The first-order valence-corrected chi connectivity index (χ1v) is 17.2.